The van der Waals surface area contributed by atoms with Gasteiger partial charge in [-0.15, -0.1) is 0 Å². The fraction of sp³-hybridized carbons (Fsp3) is 0. The van der Waals surface area contributed by atoms with E-state index in [1.165, 1.54) is 0 Å². The first-order valence-corrected chi connectivity index (χ1v) is 20.3. The predicted octanol–water partition coefficient (Wildman–Crippen LogP) is 15.1. The summed E-state index contributed by atoms with van der Waals surface area (Å²) in [5.74, 6) is 1.76. The molecular weight excluding hydrogens is 751 g/mol. The highest BCUT2D eigenvalue weighted by Gasteiger charge is 2.22. The van der Waals surface area contributed by atoms with Gasteiger partial charge in [-0.1, -0.05) is 146 Å². The fourth-order valence-electron chi connectivity index (χ4n) is 9.22. The molecule has 0 aliphatic heterocycles. The molecule has 0 radical (unpaired) electrons. The SMILES string of the molecule is c1ccc(-c2nc(-c3ccc(-c4cc(-c5cccc6c5oc5ccccc56)cc5oc6ccccc6c45)c4ccccc34)nc(-c3cccc4oc5ccccc5c34)n2)cc1. The molecule has 0 aliphatic rings. The van der Waals surface area contributed by atoms with E-state index in [4.69, 9.17) is 28.2 Å². The van der Waals surface area contributed by atoms with Crippen LogP contribution < -0.4 is 0 Å². The molecule has 4 heterocycles. The highest BCUT2D eigenvalue weighted by atomic mass is 16.3. The van der Waals surface area contributed by atoms with Crippen LogP contribution in [0.3, 0.4) is 0 Å². The molecule has 13 aromatic rings. The predicted molar refractivity (Wildman–Crippen MR) is 246 cm³/mol. The highest BCUT2D eigenvalue weighted by molar-refractivity contribution is 6.19. The Bertz CT molecular complexity index is 3900. The number of para-hydroxylation sites is 4. The number of furan rings is 3. The number of hydrogen-bond donors (Lipinski definition) is 0. The molecule has 0 saturated heterocycles. The van der Waals surface area contributed by atoms with Crippen LogP contribution in [0.2, 0.25) is 0 Å². The number of hydrogen-bond acceptors (Lipinski definition) is 6. The van der Waals surface area contributed by atoms with Crippen LogP contribution in [-0.4, -0.2) is 15.0 Å². The Morgan fingerprint density at radius 2 is 0.770 bits per heavy atom. The summed E-state index contributed by atoms with van der Waals surface area (Å²) >= 11 is 0. The second-order valence-electron chi connectivity index (χ2n) is 15.4. The number of nitrogens with zero attached hydrogens (tertiary/aromatic N) is 3. The molecule has 0 fully saturated rings. The first-order valence-electron chi connectivity index (χ1n) is 20.3. The van der Waals surface area contributed by atoms with Crippen molar-refractivity contribution in [3.63, 3.8) is 0 Å². The Hall–Kier alpha value is -8.35. The lowest BCUT2D eigenvalue weighted by Gasteiger charge is -2.15. The quantitative estimate of drug-likeness (QED) is 0.173. The molecule has 0 atom stereocenters. The summed E-state index contributed by atoms with van der Waals surface area (Å²) in [5, 5.41) is 8.38. The molecular formula is C55H31N3O3. The van der Waals surface area contributed by atoms with E-state index >= 15 is 0 Å². The maximum Gasteiger partial charge on any atom is 0.164 e. The van der Waals surface area contributed by atoms with Crippen molar-refractivity contribution in [2.24, 2.45) is 0 Å². The van der Waals surface area contributed by atoms with Gasteiger partial charge in [0.15, 0.2) is 17.5 Å². The van der Waals surface area contributed by atoms with Gasteiger partial charge in [0.1, 0.15) is 33.5 Å². The first-order chi connectivity index (χ1) is 30.2. The molecule has 61 heavy (non-hydrogen) atoms. The minimum Gasteiger partial charge on any atom is -0.456 e. The summed E-state index contributed by atoms with van der Waals surface area (Å²) in [5.41, 5.74) is 11.8. The van der Waals surface area contributed by atoms with Gasteiger partial charge in [-0.25, -0.2) is 15.0 Å². The van der Waals surface area contributed by atoms with Crippen molar-refractivity contribution in [3.05, 3.63) is 188 Å². The van der Waals surface area contributed by atoms with Gasteiger partial charge in [0.25, 0.3) is 0 Å². The van der Waals surface area contributed by atoms with Gasteiger partial charge >= 0.3 is 0 Å². The Labute approximate surface area is 348 Å². The molecule has 0 N–H and O–H groups in total. The molecule has 9 aromatic carbocycles. The summed E-state index contributed by atoms with van der Waals surface area (Å²) in [6.07, 6.45) is 0. The largest absolute Gasteiger partial charge is 0.456 e. The topological polar surface area (TPSA) is 78.1 Å². The van der Waals surface area contributed by atoms with Crippen LogP contribution in [0.1, 0.15) is 0 Å². The molecule has 284 valence electrons. The van der Waals surface area contributed by atoms with Gasteiger partial charge in [-0.05, 0) is 69.9 Å². The number of rotatable bonds is 5. The average molecular weight is 782 g/mol. The molecule has 0 aliphatic carbocycles. The monoisotopic (exact) mass is 781 g/mol. The smallest absolute Gasteiger partial charge is 0.164 e. The van der Waals surface area contributed by atoms with Gasteiger partial charge in [0.2, 0.25) is 0 Å². The third kappa shape index (κ3) is 5.19. The third-order valence-electron chi connectivity index (χ3n) is 12.0. The molecule has 4 aromatic heterocycles. The average Bonchev–Trinajstić information content (AvgIpc) is 4.02. The lowest BCUT2D eigenvalue weighted by Crippen LogP contribution is -2.01. The first kappa shape index (κ1) is 33.6. The highest BCUT2D eigenvalue weighted by Crippen LogP contribution is 2.46. The number of fused-ring (bicyclic) bond motifs is 10. The van der Waals surface area contributed by atoms with E-state index in [9.17, 15) is 0 Å². The lowest BCUT2D eigenvalue weighted by atomic mass is 9.89. The maximum atomic E-state index is 6.65. The minimum absolute atomic E-state index is 0.577. The van der Waals surface area contributed by atoms with E-state index in [1.807, 2.05) is 84.9 Å². The molecule has 13 rings (SSSR count). The van der Waals surface area contributed by atoms with E-state index in [1.54, 1.807) is 0 Å². The second kappa shape index (κ2) is 13.1. The van der Waals surface area contributed by atoms with Crippen LogP contribution >= 0.6 is 0 Å². The van der Waals surface area contributed by atoms with Crippen LogP contribution in [0.5, 0.6) is 0 Å². The van der Waals surface area contributed by atoms with E-state index in [0.717, 1.165) is 116 Å². The molecule has 0 spiro atoms. The number of benzene rings is 9. The summed E-state index contributed by atoms with van der Waals surface area (Å²) in [6.45, 7) is 0. The van der Waals surface area contributed by atoms with Crippen molar-refractivity contribution in [3.8, 4) is 56.4 Å². The van der Waals surface area contributed by atoms with E-state index in [0.29, 0.717) is 17.5 Å². The van der Waals surface area contributed by atoms with Crippen LogP contribution in [-0.2, 0) is 0 Å². The molecule has 6 heteroatoms. The van der Waals surface area contributed by atoms with E-state index in [-0.39, 0.29) is 0 Å². The van der Waals surface area contributed by atoms with Crippen LogP contribution in [0.4, 0.5) is 0 Å². The fourth-order valence-corrected chi connectivity index (χ4v) is 9.22. The van der Waals surface area contributed by atoms with Gasteiger partial charge in [-0.3, -0.25) is 0 Å². The van der Waals surface area contributed by atoms with Gasteiger partial charge in [-0.2, -0.15) is 0 Å². The van der Waals surface area contributed by atoms with Crippen molar-refractivity contribution in [2.45, 2.75) is 0 Å². The van der Waals surface area contributed by atoms with Crippen molar-refractivity contribution in [1.29, 1.82) is 0 Å². The summed E-state index contributed by atoms with van der Waals surface area (Å²) in [4.78, 5) is 15.6. The number of aromatic nitrogens is 3. The maximum absolute atomic E-state index is 6.65. The Kier molecular flexibility index (Phi) is 7.21. The third-order valence-corrected chi connectivity index (χ3v) is 12.0. The Balaban J connectivity index is 1.06. The summed E-state index contributed by atoms with van der Waals surface area (Å²) < 4.78 is 19.5. The Morgan fingerprint density at radius 3 is 1.52 bits per heavy atom. The van der Waals surface area contributed by atoms with Gasteiger partial charge < -0.3 is 13.3 Å². The van der Waals surface area contributed by atoms with Crippen molar-refractivity contribution in [2.75, 3.05) is 0 Å². The zero-order chi connectivity index (χ0) is 40.0. The molecule has 0 bridgehead atoms. The molecule has 0 saturated carbocycles. The normalized spacial score (nSPS) is 11.9. The molecule has 6 nitrogen and oxygen atoms in total. The second-order valence-corrected chi connectivity index (χ2v) is 15.4. The van der Waals surface area contributed by atoms with Gasteiger partial charge in [0.05, 0.1) is 0 Å². The molecule has 0 amide bonds. The van der Waals surface area contributed by atoms with E-state index < -0.39 is 0 Å². The van der Waals surface area contributed by atoms with Crippen LogP contribution in [0.15, 0.2) is 201 Å². The van der Waals surface area contributed by atoms with Crippen LogP contribution in [0, 0.1) is 0 Å². The Morgan fingerprint density at radius 1 is 0.262 bits per heavy atom. The van der Waals surface area contributed by atoms with Crippen molar-refractivity contribution < 1.29 is 13.3 Å². The van der Waals surface area contributed by atoms with E-state index in [2.05, 4.69) is 103 Å². The zero-order valence-electron chi connectivity index (χ0n) is 32.5. The summed E-state index contributed by atoms with van der Waals surface area (Å²) in [6, 6.07) is 64.4. The van der Waals surface area contributed by atoms with Crippen molar-refractivity contribution in [1.82, 2.24) is 15.0 Å². The zero-order valence-corrected chi connectivity index (χ0v) is 32.5. The molecule has 0 unspecified atom stereocenters. The lowest BCUT2D eigenvalue weighted by molar-refractivity contribution is 0.668. The summed E-state index contributed by atoms with van der Waals surface area (Å²) in [7, 11) is 0. The van der Waals surface area contributed by atoms with Crippen LogP contribution in [0.25, 0.3) is 133 Å². The van der Waals surface area contributed by atoms with Crippen molar-refractivity contribution >= 4 is 76.6 Å². The standard InChI is InChI=1S/C55H31N3O3/c1-2-14-32(15-3-1)53-56-54(58-55(57-53)43-23-13-27-48-50(43)41-19-7-10-25-46(41)59-48)40-29-28-37(35-16-4-5-17-36(35)40)44-30-33(31-49-51(44)42-20-8-11-26-47(42)60-49)34-21-12-22-39-38-18-6-9-24-45(38)61-52(34)39/h1-31H. The minimum atomic E-state index is 0.577. The van der Waals surface area contributed by atoms with Gasteiger partial charge in [0, 0.05) is 54.6 Å².